The van der Waals surface area contributed by atoms with Gasteiger partial charge in [0.15, 0.2) is 11.5 Å². The van der Waals surface area contributed by atoms with Gasteiger partial charge in [0.1, 0.15) is 12.4 Å². The normalized spacial score (nSPS) is 14.4. The number of rotatable bonds is 8. The summed E-state index contributed by atoms with van der Waals surface area (Å²) in [6.07, 6.45) is 2.56. The van der Waals surface area contributed by atoms with Crippen LogP contribution in [0.3, 0.4) is 0 Å². The van der Waals surface area contributed by atoms with Crippen molar-refractivity contribution in [3.05, 3.63) is 48.0 Å². The molecule has 0 unspecified atom stereocenters. The molecule has 144 valence electrons. The van der Waals surface area contributed by atoms with Gasteiger partial charge in [-0.25, -0.2) is 0 Å². The average Bonchev–Trinajstić information content (AvgIpc) is 3.35. The Morgan fingerprint density at radius 3 is 2.81 bits per heavy atom. The van der Waals surface area contributed by atoms with Crippen molar-refractivity contribution in [2.75, 3.05) is 25.2 Å². The van der Waals surface area contributed by atoms with E-state index in [2.05, 4.69) is 10.6 Å². The van der Waals surface area contributed by atoms with E-state index in [9.17, 15) is 4.79 Å². The third-order valence-electron chi connectivity index (χ3n) is 4.38. The highest BCUT2D eigenvalue weighted by molar-refractivity contribution is 5.92. The molecule has 0 radical (unpaired) electrons. The first kappa shape index (κ1) is 19.3. The Hall–Kier alpha value is -2.44. The lowest BCUT2D eigenvalue weighted by Gasteiger charge is -2.10. The summed E-state index contributed by atoms with van der Waals surface area (Å²) in [4.78, 5) is 12.0. The van der Waals surface area contributed by atoms with Crippen molar-refractivity contribution in [3.8, 4) is 17.2 Å². The first-order valence-corrected chi connectivity index (χ1v) is 8.88. The molecule has 1 saturated carbocycles. The maximum atomic E-state index is 12.0. The molecule has 6 nitrogen and oxygen atoms in total. The Labute approximate surface area is 164 Å². The number of carbonyl (C=O) groups excluding carboxylic acids is 1. The number of fused-ring (bicyclic) bond motifs is 1. The maximum absolute atomic E-state index is 12.0. The van der Waals surface area contributed by atoms with E-state index in [1.54, 1.807) is 0 Å². The lowest BCUT2D eigenvalue weighted by atomic mass is 10.2. The van der Waals surface area contributed by atoms with E-state index in [1.807, 2.05) is 42.5 Å². The molecule has 0 saturated heterocycles. The summed E-state index contributed by atoms with van der Waals surface area (Å²) >= 11 is 0. The number of hydrogen-bond acceptors (Lipinski definition) is 5. The van der Waals surface area contributed by atoms with Crippen molar-refractivity contribution in [3.63, 3.8) is 0 Å². The second-order valence-corrected chi connectivity index (χ2v) is 6.63. The van der Waals surface area contributed by atoms with Crippen molar-refractivity contribution in [1.29, 1.82) is 0 Å². The van der Waals surface area contributed by atoms with E-state index in [1.165, 1.54) is 12.8 Å². The quantitative estimate of drug-likeness (QED) is 0.723. The summed E-state index contributed by atoms with van der Waals surface area (Å²) < 4.78 is 16.5. The summed E-state index contributed by atoms with van der Waals surface area (Å²) in [6.45, 7) is 1.92. The van der Waals surface area contributed by atoms with Gasteiger partial charge < -0.3 is 24.8 Å². The van der Waals surface area contributed by atoms with Gasteiger partial charge >= 0.3 is 0 Å². The Morgan fingerprint density at radius 1 is 1.11 bits per heavy atom. The number of halogens is 1. The van der Waals surface area contributed by atoms with Gasteiger partial charge in [0.25, 0.3) is 0 Å². The number of ether oxygens (including phenoxy) is 3. The SMILES string of the molecule is Cl.O=C(CNCC1CC1)Nc1cccc(COc2ccc3c(c2)OCO3)c1. The van der Waals surface area contributed by atoms with Crippen LogP contribution in [0, 0.1) is 5.92 Å². The molecule has 2 N–H and O–H groups in total. The van der Waals surface area contributed by atoms with Gasteiger partial charge in [-0.3, -0.25) is 4.79 Å². The standard InChI is InChI=1S/C20H22N2O4.ClH/c23-20(11-21-10-14-4-5-14)22-16-3-1-2-15(8-16)12-24-17-6-7-18-19(9-17)26-13-25-18;/h1-3,6-9,14,21H,4-5,10-13H2,(H,22,23);1H. The van der Waals surface area contributed by atoms with Gasteiger partial charge in [-0.1, -0.05) is 12.1 Å². The van der Waals surface area contributed by atoms with E-state index in [4.69, 9.17) is 14.2 Å². The highest BCUT2D eigenvalue weighted by Gasteiger charge is 2.20. The lowest BCUT2D eigenvalue weighted by Crippen LogP contribution is -2.29. The van der Waals surface area contributed by atoms with E-state index in [0.29, 0.717) is 24.7 Å². The van der Waals surface area contributed by atoms with Crippen molar-refractivity contribution < 1.29 is 19.0 Å². The largest absolute Gasteiger partial charge is 0.489 e. The predicted octanol–water partition coefficient (Wildman–Crippen LogP) is 3.35. The van der Waals surface area contributed by atoms with Crippen molar-refractivity contribution in [1.82, 2.24) is 5.32 Å². The van der Waals surface area contributed by atoms with E-state index in [-0.39, 0.29) is 25.1 Å². The summed E-state index contributed by atoms with van der Waals surface area (Å²) in [5.74, 6) is 2.88. The average molecular weight is 391 g/mol. The maximum Gasteiger partial charge on any atom is 0.238 e. The van der Waals surface area contributed by atoms with Crippen LogP contribution in [-0.4, -0.2) is 25.8 Å². The Morgan fingerprint density at radius 2 is 1.96 bits per heavy atom. The van der Waals surface area contributed by atoms with Gasteiger partial charge in [0.2, 0.25) is 12.7 Å². The molecule has 0 spiro atoms. The fourth-order valence-electron chi connectivity index (χ4n) is 2.79. The van der Waals surface area contributed by atoms with Crippen LogP contribution in [0.4, 0.5) is 5.69 Å². The third-order valence-corrected chi connectivity index (χ3v) is 4.38. The zero-order chi connectivity index (χ0) is 17.8. The second-order valence-electron chi connectivity index (χ2n) is 6.63. The highest BCUT2D eigenvalue weighted by atomic mass is 35.5. The molecular weight excluding hydrogens is 368 g/mol. The molecule has 1 fully saturated rings. The van der Waals surface area contributed by atoms with Crippen LogP contribution in [0.2, 0.25) is 0 Å². The second kappa shape index (κ2) is 8.97. The fraction of sp³-hybridized carbons (Fsp3) is 0.350. The molecule has 1 amide bonds. The fourth-order valence-corrected chi connectivity index (χ4v) is 2.79. The molecule has 4 rings (SSSR count). The summed E-state index contributed by atoms with van der Waals surface area (Å²) in [6, 6.07) is 13.2. The van der Waals surface area contributed by atoms with Gasteiger partial charge in [-0.15, -0.1) is 12.4 Å². The first-order valence-electron chi connectivity index (χ1n) is 8.88. The topological polar surface area (TPSA) is 68.8 Å². The monoisotopic (exact) mass is 390 g/mol. The Bertz CT molecular complexity index is 795. The number of carbonyl (C=O) groups is 1. The Balaban J connectivity index is 0.00000210. The molecule has 0 aromatic heterocycles. The van der Waals surface area contributed by atoms with Crippen LogP contribution in [0.15, 0.2) is 42.5 Å². The van der Waals surface area contributed by atoms with Gasteiger partial charge in [0.05, 0.1) is 6.54 Å². The number of benzene rings is 2. The molecular formula is C20H23ClN2O4. The molecule has 27 heavy (non-hydrogen) atoms. The zero-order valence-electron chi connectivity index (χ0n) is 14.9. The number of amides is 1. The molecule has 2 aliphatic rings. The first-order chi connectivity index (χ1) is 12.8. The Kier molecular flexibility index (Phi) is 6.42. The summed E-state index contributed by atoms with van der Waals surface area (Å²) in [5.41, 5.74) is 1.75. The van der Waals surface area contributed by atoms with Crippen molar-refractivity contribution in [2.24, 2.45) is 5.92 Å². The number of nitrogens with one attached hydrogen (secondary N) is 2. The molecule has 0 atom stereocenters. The molecule has 7 heteroatoms. The zero-order valence-corrected chi connectivity index (χ0v) is 15.7. The van der Waals surface area contributed by atoms with Crippen molar-refractivity contribution in [2.45, 2.75) is 19.4 Å². The summed E-state index contributed by atoms with van der Waals surface area (Å²) in [5, 5.41) is 6.11. The minimum atomic E-state index is -0.0283. The van der Waals surface area contributed by atoms with Crippen molar-refractivity contribution >= 4 is 24.0 Å². The van der Waals surface area contributed by atoms with Gasteiger partial charge in [-0.2, -0.15) is 0 Å². The van der Waals surface area contributed by atoms with Gasteiger partial charge in [0, 0.05) is 11.8 Å². The van der Waals surface area contributed by atoms with E-state index in [0.717, 1.165) is 29.5 Å². The number of anilines is 1. The predicted molar refractivity (Wildman–Crippen MR) is 105 cm³/mol. The molecule has 2 aromatic rings. The molecule has 2 aromatic carbocycles. The molecule has 1 aliphatic heterocycles. The molecule has 1 aliphatic carbocycles. The van der Waals surface area contributed by atoms with E-state index >= 15 is 0 Å². The van der Waals surface area contributed by atoms with Crippen LogP contribution in [0.5, 0.6) is 17.2 Å². The molecule has 0 bridgehead atoms. The van der Waals surface area contributed by atoms with Crippen LogP contribution < -0.4 is 24.8 Å². The van der Waals surface area contributed by atoms with Crippen LogP contribution in [0.1, 0.15) is 18.4 Å². The lowest BCUT2D eigenvalue weighted by molar-refractivity contribution is -0.115. The molecule has 1 heterocycles. The van der Waals surface area contributed by atoms with Crippen LogP contribution in [-0.2, 0) is 11.4 Å². The minimum absolute atomic E-state index is 0. The highest BCUT2D eigenvalue weighted by Crippen LogP contribution is 2.35. The summed E-state index contributed by atoms with van der Waals surface area (Å²) in [7, 11) is 0. The smallest absolute Gasteiger partial charge is 0.238 e. The third kappa shape index (κ3) is 5.52. The van der Waals surface area contributed by atoms with E-state index < -0.39 is 0 Å². The minimum Gasteiger partial charge on any atom is -0.489 e. The van der Waals surface area contributed by atoms with Crippen LogP contribution >= 0.6 is 12.4 Å². The van der Waals surface area contributed by atoms with Gasteiger partial charge in [-0.05, 0) is 55.1 Å². The number of hydrogen-bond donors (Lipinski definition) is 2. The van der Waals surface area contributed by atoms with Crippen LogP contribution in [0.25, 0.3) is 0 Å².